The van der Waals surface area contributed by atoms with Crippen LogP contribution in [-0.2, 0) is 12.7 Å². The fourth-order valence-corrected chi connectivity index (χ4v) is 3.53. The molecule has 2 aromatic heterocycles. The molecule has 0 amide bonds. The molecule has 3 rings (SSSR count). The Hall–Kier alpha value is -2.72. The first-order valence-corrected chi connectivity index (χ1v) is 10.4. The summed E-state index contributed by atoms with van der Waals surface area (Å²) >= 11 is 6.97. The van der Waals surface area contributed by atoms with Gasteiger partial charge in [0.05, 0.1) is 31.5 Å². The van der Waals surface area contributed by atoms with Crippen molar-refractivity contribution in [1.29, 1.82) is 0 Å². The van der Waals surface area contributed by atoms with E-state index in [1.165, 1.54) is 37.1 Å². The smallest absolute Gasteiger partial charge is 0.435 e. The lowest BCUT2D eigenvalue weighted by atomic mass is 10.1. The molecule has 0 fully saturated rings. The average Bonchev–Trinajstić information content (AvgIpc) is 2.74. The minimum absolute atomic E-state index is 0.0793. The van der Waals surface area contributed by atoms with Gasteiger partial charge in [0.15, 0.2) is 22.3 Å². The van der Waals surface area contributed by atoms with Crippen molar-refractivity contribution in [2.24, 2.45) is 0 Å². The van der Waals surface area contributed by atoms with E-state index in [2.05, 4.69) is 9.97 Å². The number of benzene rings is 1. The molecule has 0 saturated carbocycles. The molecule has 3 aromatic rings. The Labute approximate surface area is 185 Å². The number of hydrogen-bond acceptors (Lipinski definition) is 6. The Balaban J connectivity index is 2.07. The second kappa shape index (κ2) is 9.19. The fraction of sp³-hybridized carbons (Fsp3) is 0.250. The number of halogens is 4. The SMILES string of the molecule is COc1ccc(Cn2cc(-c3nc(SC)nc(C(F)(F)F)c3Cl)ccc2=O)cc1OC. The zero-order valence-corrected chi connectivity index (χ0v) is 18.2. The molecule has 6 nitrogen and oxygen atoms in total. The van der Waals surface area contributed by atoms with Crippen molar-refractivity contribution in [3.63, 3.8) is 0 Å². The number of pyridine rings is 1. The Morgan fingerprint density at radius 3 is 2.42 bits per heavy atom. The van der Waals surface area contributed by atoms with Gasteiger partial charge < -0.3 is 14.0 Å². The van der Waals surface area contributed by atoms with Crippen LogP contribution in [0.5, 0.6) is 11.5 Å². The molecule has 0 atom stereocenters. The van der Waals surface area contributed by atoms with E-state index >= 15 is 0 Å². The summed E-state index contributed by atoms with van der Waals surface area (Å²) in [7, 11) is 3.00. The number of aromatic nitrogens is 3. The van der Waals surface area contributed by atoms with Gasteiger partial charge in [-0.25, -0.2) is 9.97 Å². The molecule has 0 bridgehead atoms. The molecule has 31 heavy (non-hydrogen) atoms. The maximum Gasteiger partial charge on any atom is 0.435 e. The minimum Gasteiger partial charge on any atom is -0.493 e. The van der Waals surface area contributed by atoms with E-state index in [1.807, 2.05) is 0 Å². The van der Waals surface area contributed by atoms with Crippen molar-refractivity contribution in [3.8, 4) is 22.8 Å². The monoisotopic (exact) mass is 471 g/mol. The van der Waals surface area contributed by atoms with Gasteiger partial charge in [-0.15, -0.1) is 0 Å². The number of ether oxygens (including phenoxy) is 2. The third kappa shape index (κ3) is 4.96. The number of rotatable bonds is 6. The number of methoxy groups -OCH3 is 2. The van der Waals surface area contributed by atoms with Crippen LogP contribution in [0.15, 0.2) is 46.5 Å². The molecule has 0 aliphatic carbocycles. The van der Waals surface area contributed by atoms with Crippen LogP contribution in [0.2, 0.25) is 5.02 Å². The van der Waals surface area contributed by atoms with Crippen LogP contribution in [0.4, 0.5) is 13.2 Å². The standard InChI is InChI=1S/C20H17ClF3N3O3S/c1-29-13-6-4-11(8-14(13)30-2)9-27-10-12(5-7-15(27)28)17-16(21)18(20(22,23)24)26-19(25-17)31-3/h4-8,10H,9H2,1-3H3. The van der Waals surface area contributed by atoms with Crippen molar-refractivity contribution in [1.82, 2.24) is 14.5 Å². The topological polar surface area (TPSA) is 66.2 Å². The molecule has 0 aliphatic rings. The van der Waals surface area contributed by atoms with E-state index in [9.17, 15) is 18.0 Å². The lowest BCUT2D eigenvalue weighted by Crippen LogP contribution is -2.19. The number of nitrogens with zero attached hydrogens (tertiary/aromatic N) is 3. The molecule has 0 spiro atoms. The zero-order valence-electron chi connectivity index (χ0n) is 16.7. The quantitative estimate of drug-likeness (QED) is 0.381. The largest absolute Gasteiger partial charge is 0.493 e. The minimum atomic E-state index is -4.74. The highest BCUT2D eigenvalue weighted by atomic mass is 35.5. The van der Waals surface area contributed by atoms with Gasteiger partial charge in [-0.05, 0) is 30.0 Å². The summed E-state index contributed by atoms with van der Waals surface area (Å²) < 4.78 is 51.9. The number of hydrogen-bond donors (Lipinski definition) is 0. The van der Waals surface area contributed by atoms with Gasteiger partial charge in [0, 0.05) is 17.8 Å². The molecular formula is C20H17ClF3N3O3S. The highest BCUT2D eigenvalue weighted by molar-refractivity contribution is 7.98. The van der Waals surface area contributed by atoms with Crippen LogP contribution in [-0.4, -0.2) is 35.0 Å². The first kappa shape index (κ1) is 23.0. The summed E-state index contributed by atoms with van der Waals surface area (Å²) in [5.74, 6) is 1.02. The van der Waals surface area contributed by atoms with Crippen LogP contribution in [0.25, 0.3) is 11.3 Å². The molecule has 0 unspecified atom stereocenters. The molecule has 11 heteroatoms. The first-order valence-electron chi connectivity index (χ1n) is 8.78. The Bertz CT molecular complexity index is 1170. The predicted octanol–water partition coefficient (Wildman–Crippen LogP) is 4.76. The van der Waals surface area contributed by atoms with Crippen molar-refractivity contribution in [3.05, 3.63) is 63.2 Å². The molecule has 164 valence electrons. The summed E-state index contributed by atoms with van der Waals surface area (Å²) in [5, 5.41) is -0.703. The summed E-state index contributed by atoms with van der Waals surface area (Å²) in [6.07, 6.45) is -1.77. The van der Waals surface area contributed by atoms with Crippen LogP contribution >= 0.6 is 23.4 Å². The van der Waals surface area contributed by atoms with Crippen LogP contribution in [0.1, 0.15) is 11.3 Å². The van der Waals surface area contributed by atoms with Gasteiger partial charge in [0.2, 0.25) is 0 Å². The van der Waals surface area contributed by atoms with Crippen LogP contribution in [0, 0.1) is 0 Å². The Kier molecular flexibility index (Phi) is 6.80. The Morgan fingerprint density at radius 1 is 1.10 bits per heavy atom. The number of alkyl halides is 3. The normalized spacial score (nSPS) is 11.5. The van der Waals surface area contributed by atoms with Crippen molar-refractivity contribution < 1.29 is 22.6 Å². The lowest BCUT2D eigenvalue weighted by molar-refractivity contribution is -0.141. The van der Waals surface area contributed by atoms with Gasteiger partial charge in [-0.2, -0.15) is 13.2 Å². The lowest BCUT2D eigenvalue weighted by Gasteiger charge is -2.14. The Morgan fingerprint density at radius 2 is 1.81 bits per heavy atom. The molecule has 0 radical (unpaired) electrons. The van der Waals surface area contributed by atoms with E-state index in [1.54, 1.807) is 24.5 Å². The van der Waals surface area contributed by atoms with Gasteiger partial charge in [-0.3, -0.25) is 4.79 Å². The molecular weight excluding hydrogens is 455 g/mol. The van der Waals surface area contributed by atoms with Gasteiger partial charge in [-0.1, -0.05) is 29.4 Å². The molecule has 0 aliphatic heterocycles. The van der Waals surface area contributed by atoms with Crippen molar-refractivity contribution >= 4 is 23.4 Å². The maximum absolute atomic E-state index is 13.4. The zero-order chi connectivity index (χ0) is 22.8. The second-order valence-electron chi connectivity index (χ2n) is 6.29. The summed E-state index contributed by atoms with van der Waals surface area (Å²) in [5.41, 5.74) is -0.680. The van der Waals surface area contributed by atoms with Gasteiger partial charge >= 0.3 is 6.18 Å². The molecule has 0 saturated heterocycles. The van der Waals surface area contributed by atoms with E-state index in [0.29, 0.717) is 11.5 Å². The maximum atomic E-state index is 13.4. The first-order chi connectivity index (χ1) is 14.7. The second-order valence-corrected chi connectivity index (χ2v) is 7.44. The number of thioether (sulfide) groups is 1. The predicted molar refractivity (Wildman–Crippen MR) is 112 cm³/mol. The summed E-state index contributed by atoms with van der Waals surface area (Å²) in [6.45, 7) is 0.150. The van der Waals surface area contributed by atoms with E-state index in [0.717, 1.165) is 17.3 Å². The third-order valence-electron chi connectivity index (χ3n) is 4.34. The van der Waals surface area contributed by atoms with Gasteiger partial charge in [0.25, 0.3) is 5.56 Å². The van der Waals surface area contributed by atoms with E-state index in [-0.39, 0.29) is 28.5 Å². The third-order valence-corrected chi connectivity index (χ3v) is 5.25. The molecule has 0 N–H and O–H groups in total. The highest BCUT2D eigenvalue weighted by Crippen LogP contribution is 2.38. The van der Waals surface area contributed by atoms with E-state index in [4.69, 9.17) is 21.1 Å². The average molecular weight is 472 g/mol. The van der Waals surface area contributed by atoms with Crippen molar-refractivity contribution in [2.75, 3.05) is 20.5 Å². The van der Waals surface area contributed by atoms with Crippen molar-refractivity contribution in [2.45, 2.75) is 17.9 Å². The molecule has 1 aromatic carbocycles. The molecule has 2 heterocycles. The summed E-state index contributed by atoms with van der Waals surface area (Å²) in [4.78, 5) is 20.0. The fourth-order valence-electron chi connectivity index (χ4n) is 2.87. The summed E-state index contributed by atoms with van der Waals surface area (Å²) in [6, 6.07) is 7.80. The van der Waals surface area contributed by atoms with Crippen LogP contribution < -0.4 is 15.0 Å². The van der Waals surface area contributed by atoms with Gasteiger partial charge in [0.1, 0.15) is 0 Å². The van der Waals surface area contributed by atoms with Crippen LogP contribution in [0.3, 0.4) is 0 Å². The van der Waals surface area contributed by atoms with E-state index < -0.39 is 16.9 Å². The highest BCUT2D eigenvalue weighted by Gasteiger charge is 2.37.